The molecule has 5 nitrogen and oxygen atoms in total. The topological polar surface area (TPSA) is 42.0 Å². The van der Waals surface area contributed by atoms with Crippen LogP contribution in [0.4, 0.5) is 4.79 Å². The van der Waals surface area contributed by atoms with Crippen molar-refractivity contribution in [2.75, 3.05) is 33.4 Å². The second-order valence-corrected chi connectivity index (χ2v) is 6.21. The normalized spacial score (nSPS) is 25.9. The third kappa shape index (κ3) is 2.95. The third-order valence-corrected chi connectivity index (χ3v) is 3.86. The first-order valence-corrected chi connectivity index (χ1v) is 6.64. The number of carbonyl (C=O) groups excluding carboxylic acids is 1. The maximum Gasteiger partial charge on any atom is 0.410 e. The van der Waals surface area contributed by atoms with Crippen LogP contribution >= 0.6 is 0 Å². The Bertz CT molecular complexity index is 310. The number of ether oxygens (including phenoxy) is 2. The molecule has 2 heterocycles. The van der Waals surface area contributed by atoms with Crippen LogP contribution in [0.25, 0.3) is 0 Å². The van der Waals surface area contributed by atoms with Gasteiger partial charge in [0, 0.05) is 25.7 Å². The average molecular weight is 256 g/mol. The molecule has 2 saturated heterocycles. The van der Waals surface area contributed by atoms with Crippen molar-refractivity contribution in [2.45, 2.75) is 44.9 Å². The van der Waals surface area contributed by atoms with Crippen molar-refractivity contribution in [3.05, 3.63) is 0 Å². The SMILES string of the molecule is CN(C(=O)O[C@H]1CCN(C2COC2)C1)C(C)(C)C. The van der Waals surface area contributed by atoms with E-state index in [1.807, 2.05) is 20.8 Å². The maximum atomic E-state index is 12.0. The molecule has 0 radical (unpaired) electrons. The Balaban J connectivity index is 1.78. The molecule has 0 aromatic carbocycles. The van der Waals surface area contributed by atoms with Crippen LogP contribution in [0, 0.1) is 0 Å². The van der Waals surface area contributed by atoms with Gasteiger partial charge in [0.05, 0.1) is 19.3 Å². The molecule has 104 valence electrons. The second-order valence-electron chi connectivity index (χ2n) is 6.21. The minimum absolute atomic E-state index is 0.0305. The van der Waals surface area contributed by atoms with E-state index in [1.54, 1.807) is 11.9 Å². The Morgan fingerprint density at radius 1 is 1.39 bits per heavy atom. The molecule has 0 aliphatic carbocycles. The van der Waals surface area contributed by atoms with E-state index < -0.39 is 0 Å². The van der Waals surface area contributed by atoms with Gasteiger partial charge in [0.2, 0.25) is 0 Å². The van der Waals surface area contributed by atoms with Crippen LogP contribution in [0.1, 0.15) is 27.2 Å². The van der Waals surface area contributed by atoms with Gasteiger partial charge in [-0.2, -0.15) is 0 Å². The van der Waals surface area contributed by atoms with Crippen LogP contribution in [0.5, 0.6) is 0 Å². The summed E-state index contributed by atoms with van der Waals surface area (Å²) in [6, 6.07) is 0.536. The van der Waals surface area contributed by atoms with E-state index in [1.165, 1.54) is 0 Å². The molecule has 0 aromatic rings. The fourth-order valence-electron chi connectivity index (χ4n) is 2.11. The molecule has 0 N–H and O–H groups in total. The molecule has 2 aliphatic rings. The molecule has 0 aromatic heterocycles. The maximum absolute atomic E-state index is 12.0. The van der Waals surface area contributed by atoms with Gasteiger partial charge in [0.1, 0.15) is 6.10 Å². The summed E-state index contributed by atoms with van der Waals surface area (Å²) in [5, 5.41) is 0. The first-order chi connectivity index (χ1) is 8.38. The quantitative estimate of drug-likeness (QED) is 0.747. The second kappa shape index (κ2) is 5.05. The molecule has 2 rings (SSSR count). The number of rotatable bonds is 2. The van der Waals surface area contributed by atoms with E-state index in [9.17, 15) is 4.79 Å². The lowest BCUT2D eigenvalue weighted by Gasteiger charge is -2.34. The van der Waals surface area contributed by atoms with E-state index in [0.717, 1.165) is 32.7 Å². The Hall–Kier alpha value is -0.810. The molecule has 0 unspecified atom stereocenters. The standard InChI is InChI=1S/C13H24N2O3/c1-13(2,3)14(4)12(16)18-11-5-6-15(7-11)10-8-17-9-10/h10-11H,5-9H2,1-4H3/t11-/m0/s1. The number of amides is 1. The van der Waals surface area contributed by atoms with E-state index in [4.69, 9.17) is 9.47 Å². The van der Waals surface area contributed by atoms with Crippen LogP contribution < -0.4 is 0 Å². The van der Waals surface area contributed by atoms with Gasteiger partial charge in [-0.3, -0.25) is 4.90 Å². The summed E-state index contributed by atoms with van der Waals surface area (Å²) >= 11 is 0. The van der Waals surface area contributed by atoms with Gasteiger partial charge in [-0.1, -0.05) is 0 Å². The molecule has 1 amide bonds. The molecular weight excluding hydrogens is 232 g/mol. The van der Waals surface area contributed by atoms with Crippen molar-refractivity contribution in [2.24, 2.45) is 0 Å². The molecular formula is C13H24N2O3. The smallest absolute Gasteiger partial charge is 0.410 e. The lowest BCUT2D eigenvalue weighted by Crippen LogP contribution is -2.48. The first-order valence-electron chi connectivity index (χ1n) is 6.64. The van der Waals surface area contributed by atoms with Crippen molar-refractivity contribution >= 4 is 6.09 Å². The zero-order valence-electron chi connectivity index (χ0n) is 11.8. The molecule has 18 heavy (non-hydrogen) atoms. The number of nitrogens with zero attached hydrogens (tertiary/aromatic N) is 2. The highest BCUT2D eigenvalue weighted by Crippen LogP contribution is 2.21. The van der Waals surface area contributed by atoms with E-state index in [2.05, 4.69) is 4.90 Å². The van der Waals surface area contributed by atoms with E-state index in [-0.39, 0.29) is 17.7 Å². The lowest BCUT2D eigenvalue weighted by molar-refractivity contribution is -0.0606. The predicted molar refractivity (Wildman–Crippen MR) is 68.6 cm³/mol. The van der Waals surface area contributed by atoms with Crippen molar-refractivity contribution in [3.63, 3.8) is 0 Å². The summed E-state index contributed by atoms with van der Waals surface area (Å²) in [5.74, 6) is 0. The summed E-state index contributed by atoms with van der Waals surface area (Å²) in [7, 11) is 1.79. The molecule has 2 fully saturated rings. The highest BCUT2D eigenvalue weighted by molar-refractivity contribution is 5.68. The number of hydrogen-bond donors (Lipinski definition) is 0. The van der Waals surface area contributed by atoms with Crippen molar-refractivity contribution in [3.8, 4) is 0 Å². The van der Waals surface area contributed by atoms with Crippen LogP contribution in [0.15, 0.2) is 0 Å². The Morgan fingerprint density at radius 3 is 2.56 bits per heavy atom. The fraction of sp³-hybridized carbons (Fsp3) is 0.923. The molecule has 5 heteroatoms. The summed E-state index contributed by atoms with van der Waals surface area (Å²) in [6.45, 7) is 9.50. The summed E-state index contributed by atoms with van der Waals surface area (Å²) in [5.41, 5.74) is -0.197. The first kappa shape index (κ1) is 13.6. The minimum atomic E-state index is -0.223. The van der Waals surface area contributed by atoms with Crippen LogP contribution in [0.2, 0.25) is 0 Å². The van der Waals surface area contributed by atoms with Gasteiger partial charge in [-0.25, -0.2) is 4.79 Å². The number of carbonyl (C=O) groups is 1. The number of likely N-dealkylation sites (tertiary alicyclic amines) is 1. The summed E-state index contributed by atoms with van der Waals surface area (Å²) in [4.78, 5) is 16.0. The molecule has 0 bridgehead atoms. The van der Waals surface area contributed by atoms with Crippen molar-refractivity contribution < 1.29 is 14.3 Å². The summed E-state index contributed by atoms with van der Waals surface area (Å²) < 4.78 is 10.7. The van der Waals surface area contributed by atoms with Gasteiger partial charge in [0.25, 0.3) is 0 Å². The van der Waals surface area contributed by atoms with Crippen LogP contribution in [-0.2, 0) is 9.47 Å². The zero-order valence-corrected chi connectivity index (χ0v) is 11.8. The average Bonchev–Trinajstić information content (AvgIpc) is 2.60. The Labute approximate surface area is 109 Å². The van der Waals surface area contributed by atoms with Crippen molar-refractivity contribution in [1.29, 1.82) is 0 Å². The Morgan fingerprint density at radius 2 is 2.06 bits per heavy atom. The van der Waals surface area contributed by atoms with Gasteiger partial charge in [-0.05, 0) is 27.2 Å². The monoisotopic (exact) mass is 256 g/mol. The van der Waals surface area contributed by atoms with Crippen molar-refractivity contribution in [1.82, 2.24) is 9.80 Å². The highest BCUT2D eigenvalue weighted by Gasteiger charge is 2.35. The largest absolute Gasteiger partial charge is 0.445 e. The number of hydrogen-bond acceptors (Lipinski definition) is 4. The van der Waals surface area contributed by atoms with Gasteiger partial charge in [0.15, 0.2) is 0 Å². The molecule has 2 aliphatic heterocycles. The molecule has 0 saturated carbocycles. The van der Waals surface area contributed by atoms with Crippen LogP contribution in [0.3, 0.4) is 0 Å². The summed E-state index contributed by atoms with van der Waals surface area (Å²) in [6.07, 6.45) is 0.738. The lowest BCUT2D eigenvalue weighted by atomic mass is 10.1. The molecule has 1 atom stereocenters. The highest BCUT2D eigenvalue weighted by atomic mass is 16.6. The Kier molecular flexibility index (Phi) is 3.82. The molecule has 0 spiro atoms. The fourth-order valence-corrected chi connectivity index (χ4v) is 2.11. The zero-order chi connectivity index (χ0) is 13.3. The third-order valence-electron chi connectivity index (χ3n) is 3.86. The minimum Gasteiger partial charge on any atom is -0.445 e. The van der Waals surface area contributed by atoms with E-state index >= 15 is 0 Å². The van der Waals surface area contributed by atoms with Gasteiger partial charge >= 0.3 is 6.09 Å². The van der Waals surface area contributed by atoms with Gasteiger partial charge in [-0.15, -0.1) is 0 Å². The van der Waals surface area contributed by atoms with Gasteiger partial charge < -0.3 is 14.4 Å². The predicted octanol–water partition coefficient (Wildman–Crippen LogP) is 1.33. The van der Waals surface area contributed by atoms with E-state index in [0.29, 0.717) is 6.04 Å². The van der Waals surface area contributed by atoms with Crippen LogP contribution in [-0.4, -0.2) is 66.9 Å².